The van der Waals surface area contributed by atoms with E-state index < -0.39 is 0 Å². The average Bonchev–Trinajstić information content (AvgIpc) is 2.40. The van der Waals surface area contributed by atoms with Crippen molar-refractivity contribution in [2.75, 3.05) is 46.6 Å². The summed E-state index contributed by atoms with van der Waals surface area (Å²) in [7, 11) is 1.49. The number of piperidine rings is 1. The van der Waals surface area contributed by atoms with Crippen molar-refractivity contribution in [2.45, 2.75) is 18.9 Å². The number of nitrogens with one attached hydrogen (secondary N) is 1. The molecule has 0 spiro atoms. The minimum Gasteiger partial charge on any atom is -0.375 e. The summed E-state index contributed by atoms with van der Waals surface area (Å²) in [5, 5.41) is 2.88. The molecule has 0 aromatic carbocycles. The molecule has 0 saturated carbocycles. The van der Waals surface area contributed by atoms with Crippen LogP contribution in [0.5, 0.6) is 0 Å². The lowest BCUT2D eigenvalue weighted by molar-refractivity contribution is -0.137. The van der Waals surface area contributed by atoms with Crippen LogP contribution in [0.2, 0.25) is 0 Å². The van der Waals surface area contributed by atoms with Crippen molar-refractivity contribution < 1.29 is 19.1 Å². The molecule has 2 amide bonds. The molecule has 0 radical (unpaired) electrons. The highest BCUT2D eigenvalue weighted by molar-refractivity contribution is 5.78. The molecule has 7 nitrogen and oxygen atoms in total. The average molecular weight is 273 g/mol. The summed E-state index contributed by atoms with van der Waals surface area (Å²) in [5.41, 5.74) is 5.28. The summed E-state index contributed by atoms with van der Waals surface area (Å²) < 4.78 is 9.87. The van der Waals surface area contributed by atoms with Crippen LogP contribution in [0.3, 0.4) is 0 Å². The first-order valence-corrected chi connectivity index (χ1v) is 6.51. The maximum absolute atomic E-state index is 11.8. The molecule has 19 heavy (non-hydrogen) atoms. The number of rotatable bonds is 7. The summed E-state index contributed by atoms with van der Waals surface area (Å²) in [5.74, 6) is -0.131. The molecule has 1 rings (SSSR count). The number of hydrogen-bond donors (Lipinski definition) is 2. The molecule has 0 atom stereocenters. The predicted octanol–water partition coefficient (Wildman–Crippen LogP) is -1.28. The van der Waals surface area contributed by atoms with Crippen LogP contribution in [-0.4, -0.2) is 69.3 Å². The van der Waals surface area contributed by atoms with Crippen molar-refractivity contribution >= 4 is 11.8 Å². The fraction of sp³-hybridized carbons (Fsp3) is 0.833. The van der Waals surface area contributed by atoms with Gasteiger partial charge in [-0.3, -0.25) is 9.59 Å². The Morgan fingerprint density at radius 1 is 1.32 bits per heavy atom. The van der Waals surface area contributed by atoms with Gasteiger partial charge in [-0.15, -0.1) is 0 Å². The molecule has 1 heterocycles. The van der Waals surface area contributed by atoms with E-state index in [0.717, 1.165) is 12.8 Å². The predicted molar refractivity (Wildman–Crippen MR) is 69.5 cm³/mol. The van der Waals surface area contributed by atoms with Gasteiger partial charge in [-0.1, -0.05) is 0 Å². The van der Waals surface area contributed by atoms with E-state index in [2.05, 4.69) is 5.32 Å². The van der Waals surface area contributed by atoms with Gasteiger partial charge >= 0.3 is 0 Å². The van der Waals surface area contributed by atoms with E-state index in [0.29, 0.717) is 26.2 Å². The van der Waals surface area contributed by atoms with Crippen molar-refractivity contribution in [1.29, 1.82) is 0 Å². The van der Waals surface area contributed by atoms with E-state index in [-0.39, 0.29) is 31.1 Å². The van der Waals surface area contributed by atoms with E-state index in [9.17, 15) is 9.59 Å². The zero-order valence-electron chi connectivity index (χ0n) is 11.4. The van der Waals surface area contributed by atoms with Gasteiger partial charge in [0.05, 0.1) is 6.61 Å². The molecule has 1 aliphatic heterocycles. The van der Waals surface area contributed by atoms with Gasteiger partial charge in [-0.25, -0.2) is 0 Å². The SMILES string of the molecule is COCC(=O)NC1CCN(C(=O)COCCN)CC1. The Labute approximate surface area is 113 Å². The Hall–Kier alpha value is -1.18. The van der Waals surface area contributed by atoms with E-state index in [4.69, 9.17) is 15.2 Å². The van der Waals surface area contributed by atoms with Crippen molar-refractivity contribution in [2.24, 2.45) is 5.73 Å². The maximum Gasteiger partial charge on any atom is 0.248 e. The molecule has 110 valence electrons. The molecule has 0 unspecified atom stereocenters. The number of ether oxygens (including phenoxy) is 2. The summed E-state index contributed by atoms with van der Waals surface area (Å²) in [6.07, 6.45) is 1.52. The number of nitrogens with zero attached hydrogens (tertiary/aromatic N) is 1. The number of amides is 2. The van der Waals surface area contributed by atoms with Crippen molar-refractivity contribution in [3.8, 4) is 0 Å². The number of hydrogen-bond acceptors (Lipinski definition) is 5. The standard InChI is InChI=1S/C12H23N3O4/c1-18-8-11(16)14-10-2-5-15(6-3-10)12(17)9-19-7-4-13/h10H,2-9,13H2,1H3,(H,14,16). The zero-order chi connectivity index (χ0) is 14.1. The van der Waals surface area contributed by atoms with Crippen molar-refractivity contribution in [1.82, 2.24) is 10.2 Å². The van der Waals surface area contributed by atoms with Crippen LogP contribution in [0.4, 0.5) is 0 Å². The third-order valence-electron chi connectivity index (χ3n) is 2.98. The molecule has 0 bridgehead atoms. The number of likely N-dealkylation sites (tertiary alicyclic amines) is 1. The second-order valence-electron chi connectivity index (χ2n) is 4.50. The highest BCUT2D eigenvalue weighted by Gasteiger charge is 2.23. The lowest BCUT2D eigenvalue weighted by atomic mass is 10.1. The van der Waals surface area contributed by atoms with Crippen LogP contribution in [0, 0.1) is 0 Å². The van der Waals surface area contributed by atoms with Crippen molar-refractivity contribution in [3.05, 3.63) is 0 Å². The van der Waals surface area contributed by atoms with Crippen LogP contribution in [0.25, 0.3) is 0 Å². The quantitative estimate of drug-likeness (QED) is 0.563. The Morgan fingerprint density at radius 3 is 2.58 bits per heavy atom. The summed E-state index contributed by atoms with van der Waals surface area (Å²) in [6, 6.07) is 0.122. The number of methoxy groups -OCH3 is 1. The first kappa shape index (κ1) is 15.9. The fourth-order valence-corrected chi connectivity index (χ4v) is 2.01. The minimum absolute atomic E-state index is 0.0184. The summed E-state index contributed by atoms with van der Waals surface area (Å²) in [4.78, 5) is 24.9. The molecule has 1 fully saturated rings. The summed E-state index contributed by atoms with van der Waals surface area (Å²) >= 11 is 0. The molecule has 7 heteroatoms. The van der Waals surface area contributed by atoms with Gasteiger partial charge < -0.3 is 25.4 Å². The normalized spacial score (nSPS) is 16.4. The van der Waals surface area contributed by atoms with Crippen LogP contribution < -0.4 is 11.1 Å². The van der Waals surface area contributed by atoms with Gasteiger partial charge in [0.2, 0.25) is 11.8 Å². The topological polar surface area (TPSA) is 93.9 Å². The van der Waals surface area contributed by atoms with Crippen LogP contribution in [0.1, 0.15) is 12.8 Å². The van der Waals surface area contributed by atoms with Gasteiger partial charge in [-0.05, 0) is 12.8 Å². The Balaban J connectivity index is 2.21. The first-order valence-electron chi connectivity index (χ1n) is 6.51. The number of nitrogens with two attached hydrogens (primary N) is 1. The smallest absolute Gasteiger partial charge is 0.248 e. The fourth-order valence-electron chi connectivity index (χ4n) is 2.01. The second kappa shape index (κ2) is 8.84. The van der Waals surface area contributed by atoms with E-state index >= 15 is 0 Å². The third kappa shape index (κ3) is 6.00. The third-order valence-corrected chi connectivity index (χ3v) is 2.98. The lowest BCUT2D eigenvalue weighted by Crippen LogP contribution is -2.48. The lowest BCUT2D eigenvalue weighted by Gasteiger charge is -2.32. The zero-order valence-corrected chi connectivity index (χ0v) is 11.4. The number of carbonyl (C=O) groups is 2. The Morgan fingerprint density at radius 2 is 2.00 bits per heavy atom. The largest absolute Gasteiger partial charge is 0.375 e. The van der Waals surface area contributed by atoms with Crippen LogP contribution >= 0.6 is 0 Å². The maximum atomic E-state index is 11.8. The van der Waals surface area contributed by atoms with Crippen LogP contribution in [-0.2, 0) is 19.1 Å². The Bertz CT molecular complexity index is 291. The molecule has 0 aliphatic carbocycles. The monoisotopic (exact) mass is 273 g/mol. The van der Waals surface area contributed by atoms with E-state index in [1.54, 1.807) is 4.90 Å². The minimum atomic E-state index is -0.112. The highest BCUT2D eigenvalue weighted by Crippen LogP contribution is 2.10. The molecular formula is C12H23N3O4. The van der Waals surface area contributed by atoms with E-state index in [1.165, 1.54) is 7.11 Å². The van der Waals surface area contributed by atoms with E-state index in [1.807, 2.05) is 0 Å². The Kier molecular flexibility index (Phi) is 7.39. The van der Waals surface area contributed by atoms with Gasteiger partial charge in [-0.2, -0.15) is 0 Å². The molecule has 3 N–H and O–H groups in total. The molecule has 0 aromatic rings. The van der Waals surface area contributed by atoms with Gasteiger partial charge in [0.1, 0.15) is 13.2 Å². The molecule has 0 aromatic heterocycles. The molecule has 1 aliphatic rings. The second-order valence-corrected chi connectivity index (χ2v) is 4.50. The van der Waals surface area contributed by atoms with Crippen molar-refractivity contribution in [3.63, 3.8) is 0 Å². The highest BCUT2D eigenvalue weighted by atomic mass is 16.5. The summed E-state index contributed by atoms with van der Waals surface area (Å²) in [6.45, 7) is 2.26. The molecular weight excluding hydrogens is 250 g/mol. The number of carbonyl (C=O) groups excluding carboxylic acids is 2. The van der Waals surface area contributed by atoms with Gasteiger partial charge in [0.25, 0.3) is 0 Å². The van der Waals surface area contributed by atoms with Gasteiger partial charge in [0.15, 0.2) is 0 Å². The molecule has 1 saturated heterocycles. The first-order chi connectivity index (χ1) is 9.17. The van der Waals surface area contributed by atoms with Crippen LogP contribution in [0.15, 0.2) is 0 Å². The van der Waals surface area contributed by atoms with Gasteiger partial charge in [0, 0.05) is 32.8 Å².